The first-order chi connectivity index (χ1) is 5.62. The molecule has 12 heavy (non-hydrogen) atoms. The fourth-order valence-corrected chi connectivity index (χ4v) is 0.598. The largest absolute Gasteiger partial charge is 0.506 e. The third-order valence-corrected chi connectivity index (χ3v) is 1.18. The third-order valence-electron chi connectivity index (χ3n) is 1.18. The maximum absolute atomic E-state index is 9.91. The molecular weight excluding hydrogens is 164 g/mol. The van der Waals surface area contributed by atoms with Crippen molar-refractivity contribution in [1.82, 2.24) is 0 Å². The summed E-state index contributed by atoms with van der Waals surface area (Å²) in [5.41, 5.74) is 0. The monoisotopic (exact) mass is 176 g/mol. The van der Waals surface area contributed by atoms with Crippen LogP contribution in [-0.2, 0) is 14.3 Å². The van der Waals surface area contributed by atoms with Gasteiger partial charge in [-0.3, -0.25) is 0 Å². The minimum absolute atomic E-state index is 0.123. The molecule has 5 heteroatoms. The molecule has 0 saturated carbocycles. The molecule has 0 bridgehead atoms. The zero-order chi connectivity index (χ0) is 9.98. The Morgan fingerprint density at radius 2 is 1.75 bits per heavy atom. The van der Waals surface area contributed by atoms with Crippen LogP contribution in [0.2, 0.25) is 0 Å². The normalized spacial score (nSPS) is 7.92. The first-order valence-corrected chi connectivity index (χ1v) is 3.51. The predicted octanol–water partition coefficient (Wildman–Crippen LogP) is 1.29. The SMILES string of the molecule is CCC(CC)OC(=O)O.O=C=O. The van der Waals surface area contributed by atoms with Gasteiger partial charge in [-0.05, 0) is 12.8 Å². The van der Waals surface area contributed by atoms with E-state index in [1.165, 1.54) is 0 Å². The quantitative estimate of drug-likeness (QED) is 0.655. The zero-order valence-corrected chi connectivity index (χ0v) is 7.07. The van der Waals surface area contributed by atoms with Gasteiger partial charge in [0.05, 0.1) is 0 Å². The molecule has 0 fully saturated rings. The van der Waals surface area contributed by atoms with Crippen molar-refractivity contribution in [2.24, 2.45) is 0 Å². The Bertz CT molecular complexity index is 144. The molecule has 0 atom stereocenters. The van der Waals surface area contributed by atoms with Crippen molar-refractivity contribution in [2.75, 3.05) is 0 Å². The maximum Gasteiger partial charge on any atom is 0.506 e. The molecule has 0 aromatic heterocycles. The first-order valence-electron chi connectivity index (χ1n) is 3.51. The summed E-state index contributed by atoms with van der Waals surface area (Å²) in [5, 5.41) is 8.12. The molecule has 0 spiro atoms. The molecule has 0 aliphatic rings. The second-order valence-corrected chi connectivity index (χ2v) is 1.91. The summed E-state index contributed by atoms with van der Waals surface area (Å²) in [7, 11) is 0. The molecule has 0 aliphatic carbocycles. The standard InChI is InChI=1S/C6H12O3.CO2/c1-3-5(4-2)9-6(7)8;2-1-3/h5H,3-4H2,1-2H3,(H,7,8);. The van der Waals surface area contributed by atoms with Gasteiger partial charge in [-0.1, -0.05) is 13.8 Å². The van der Waals surface area contributed by atoms with Gasteiger partial charge in [-0.15, -0.1) is 0 Å². The molecule has 1 N–H and O–H groups in total. The summed E-state index contributed by atoms with van der Waals surface area (Å²) in [5.74, 6) is 0. The lowest BCUT2D eigenvalue weighted by Crippen LogP contribution is -2.14. The summed E-state index contributed by atoms with van der Waals surface area (Å²) in [6.45, 7) is 3.80. The van der Waals surface area contributed by atoms with E-state index in [1.807, 2.05) is 13.8 Å². The van der Waals surface area contributed by atoms with E-state index >= 15 is 0 Å². The Morgan fingerprint density at radius 3 is 1.83 bits per heavy atom. The van der Waals surface area contributed by atoms with Gasteiger partial charge in [-0.2, -0.15) is 9.59 Å². The van der Waals surface area contributed by atoms with Crippen LogP contribution < -0.4 is 0 Å². The molecule has 0 rings (SSSR count). The van der Waals surface area contributed by atoms with Crippen LogP contribution in [0, 0.1) is 0 Å². The van der Waals surface area contributed by atoms with E-state index in [9.17, 15) is 4.79 Å². The van der Waals surface area contributed by atoms with Gasteiger partial charge in [0, 0.05) is 0 Å². The molecule has 0 aliphatic heterocycles. The summed E-state index contributed by atoms with van der Waals surface area (Å²) in [6, 6.07) is 0. The second-order valence-electron chi connectivity index (χ2n) is 1.91. The Morgan fingerprint density at radius 1 is 1.42 bits per heavy atom. The average Bonchev–Trinajstić information content (AvgIpc) is 2.01. The topological polar surface area (TPSA) is 80.7 Å². The number of ether oxygens (including phenoxy) is 1. The van der Waals surface area contributed by atoms with Crippen molar-refractivity contribution in [3.8, 4) is 0 Å². The Labute approximate surface area is 70.3 Å². The van der Waals surface area contributed by atoms with Crippen molar-refractivity contribution in [2.45, 2.75) is 32.8 Å². The number of hydrogen-bond donors (Lipinski definition) is 1. The second kappa shape index (κ2) is 9.65. The summed E-state index contributed by atoms with van der Waals surface area (Å²) in [4.78, 5) is 26.2. The van der Waals surface area contributed by atoms with Crippen LogP contribution in [0.4, 0.5) is 4.79 Å². The number of carboxylic acid groups (broad SMARTS) is 1. The van der Waals surface area contributed by atoms with Gasteiger partial charge in [0.25, 0.3) is 0 Å². The van der Waals surface area contributed by atoms with Crippen LogP contribution >= 0.6 is 0 Å². The van der Waals surface area contributed by atoms with E-state index in [0.29, 0.717) is 0 Å². The number of hydrogen-bond acceptors (Lipinski definition) is 4. The Hall–Kier alpha value is -1.35. The lowest BCUT2D eigenvalue weighted by Gasteiger charge is -2.09. The predicted molar refractivity (Wildman–Crippen MR) is 38.5 cm³/mol. The zero-order valence-electron chi connectivity index (χ0n) is 7.07. The fraction of sp³-hybridized carbons (Fsp3) is 0.714. The van der Waals surface area contributed by atoms with E-state index in [0.717, 1.165) is 12.8 Å². The van der Waals surface area contributed by atoms with Crippen molar-refractivity contribution < 1.29 is 24.2 Å². The molecule has 0 saturated heterocycles. The van der Waals surface area contributed by atoms with Gasteiger partial charge in [0.1, 0.15) is 6.10 Å². The minimum atomic E-state index is -1.18. The summed E-state index contributed by atoms with van der Waals surface area (Å²) >= 11 is 0. The fourth-order valence-electron chi connectivity index (χ4n) is 0.598. The molecular formula is C7H12O5. The van der Waals surface area contributed by atoms with Gasteiger partial charge in [-0.25, -0.2) is 4.79 Å². The van der Waals surface area contributed by atoms with E-state index < -0.39 is 6.16 Å². The smallest absolute Gasteiger partial charge is 0.450 e. The van der Waals surface area contributed by atoms with Crippen molar-refractivity contribution >= 4 is 12.3 Å². The van der Waals surface area contributed by atoms with Crippen molar-refractivity contribution in [1.29, 1.82) is 0 Å². The maximum atomic E-state index is 9.91. The number of carbonyl (C=O) groups is 1. The van der Waals surface area contributed by atoms with Crippen LogP contribution in [-0.4, -0.2) is 23.5 Å². The first kappa shape index (κ1) is 13.3. The molecule has 0 amide bonds. The number of carbonyl (C=O) groups excluding carboxylic acids is 2. The Kier molecular flexibility index (Phi) is 10.7. The van der Waals surface area contributed by atoms with Crippen LogP contribution in [0.3, 0.4) is 0 Å². The lowest BCUT2D eigenvalue weighted by atomic mass is 10.2. The molecule has 5 nitrogen and oxygen atoms in total. The van der Waals surface area contributed by atoms with E-state index in [4.69, 9.17) is 14.7 Å². The average molecular weight is 176 g/mol. The van der Waals surface area contributed by atoms with E-state index in [2.05, 4.69) is 4.74 Å². The molecule has 0 aromatic rings. The van der Waals surface area contributed by atoms with Crippen LogP contribution in [0.1, 0.15) is 26.7 Å². The molecule has 0 unspecified atom stereocenters. The molecule has 0 heterocycles. The van der Waals surface area contributed by atoms with Crippen molar-refractivity contribution in [3.63, 3.8) is 0 Å². The van der Waals surface area contributed by atoms with Crippen LogP contribution in [0.15, 0.2) is 0 Å². The summed E-state index contributed by atoms with van der Waals surface area (Å²) < 4.78 is 4.47. The lowest BCUT2D eigenvalue weighted by molar-refractivity contribution is -0.191. The Balaban J connectivity index is 0. The highest BCUT2D eigenvalue weighted by atomic mass is 16.7. The van der Waals surface area contributed by atoms with E-state index in [1.54, 1.807) is 0 Å². The minimum Gasteiger partial charge on any atom is -0.450 e. The van der Waals surface area contributed by atoms with Crippen LogP contribution in [0.25, 0.3) is 0 Å². The molecule has 0 aromatic carbocycles. The molecule has 0 radical (unpaired) electrons. The highest BCUT2D eigenvalue weighted by molar-refractivity contribution is 5.57. The van der Waals surface area contributed by atoms with Gasteiger partial charge < -0.3 is 9.84 Å². The van der Waals surface area contributed by atoms with Crippen LogP contribution in [0.5, 0.6) is 0 Å². The third kappa shape index (κ3) is 11.4. The summed E-state index contributed by atoms with van der Waals surface area (Å²) in [6.07, 6.45) is 0.456. The van der Waals surface area contributed by atoms with Gasteiger partial charge in [0.15, 0.2) is 0 Å². The molecule has 70 valence electrons. The number of rotatable bonds is 3. The highest BCUT2D eigenvalue weighted by Gasteiger charge is 2.06. The van der Waals surface area contributed by atoms with Gasteiger partial charge in [0.2, 0.25) is 0 Å². The van der Waals surface area contributed by atoms with Crippen molar-refractivity contribution in [3.05, 3.63) is 0 Å². The van der Waals surface area contributed by atoms with E-state index in [-0.39, 0.29) is 12.3 Å². The van der Waals surface area contributed by atoms with Gasteiger partial charge >= 0.3 is 12.3 Å². The highest BCUT2D eigenvalue weighted by Crippen LogP contribution is 2.01.